The van der Waals surface area contributed by atoms with Gasteiger partial charge in [0.05, 0.1) is 6.61 Å². The fraction of sp³-hybridized carbons (Fsp3) is 0.455. The molecule has 0 fully saturated rings. The number of aromatic nitrogens is 2. The minimum Gasteiger partial charge on any atom is -0.392 e. The van der Waals surface area contributed by atoms with Gasteiger partial charge in [-0.15, -0.1) is 6.58 Å². The van der Waals surface area contributed by atoms with Crippen LogP contribution in [0.1, 0.15) is 18.3 Å². The van der Waals surface area contributed by atoms with E-state index < -0.39 is 0 Å². The highest BCUT2D eigenvalue weighted by Gasteiger charge is 2.03. The van der Waals surface area contributed by atoms with Gasteiger partial charge in [0.15, 0.2) is 0 Å². The van der Waals surface area contributed by atoms with E-state index in [9.17, 15) is 0 Å². The zero-order valence-corrected chi connectivity index (χ0v) is 10.6. The topological polar surface area (TPSA) is 72.0 Å². The first-order valence-electron chi connectivity index (χ1n) is 4.98. The third-order valence-electron chi connectivity index (χ3n) is 1.67. The van der Waals surface area contributed by atoms with Crippen molar-refractivity contribution in [3.63, 3.8) is 0 Å². The number of aliphatic hydroxyl groups is 1. The molecule has 1 unspecified atom stereocenters. The summed E-state index contributed by atoms with van der Waals surface area (Å²) in [5, 5.41) is 13.5. The molecule has 1 atom stereocenters. The molecule has 0 amide bonds. The average Bonchev–Trinajstić information content (AvgIpc) is 2.32. The lowest BCUT2D eigenvalue weighted by atomic mass is 10.3. The van der Waals surface area contributed by atoms with Gasteiger partial charge < -0.3 is 5.11 Å². The Balaban J connectivity index is 0.000000487. The minimum absolute atomic E-state index is 0.0833. The van der Waals surface area contributed by atoms with E-state index in [0.29, 0.717) is 5.25 Å². The molecular formula is C11H19N3OS. The van der Waals surface area contributed by atoms with Crippen molar-refractivity contribution in [2.24, 2.45) is 5.14 Å². The van der Waals surface area contributed by atoms with Crippen molar-refractivity contribution in [3.05, 3.63) is 36.4 Å². The molecule has 0 aliphatic heterocycles. The van der Waals surface area contributed by atoms with Crippen LogP contribution in [-0.4, -0.2) is 26.9 Å². The van der Waals surface area contributed by atoms with E-state index in [1.807, 2.05) is 19.3 Å². The van der Waals surface area contributed by atoms with Gasteiger partial charge >= 0.3 is 0 Å². The van der Waals surface area contributed by atoms with Gasteiger partial charge in [0.2, 0.25) is 0 Å². The molecule has 0 aromatic carbocycles. The number of nitrogens with zero attached hydrogens (tertiary/aromatic N) is 2. The number of aliphatic hydroxyl groups excluding tert-OH is 1. The molecule has 1 rings (SSSR count). The van der Waals surface area contributed by atoms with Crippen molar-refractivity contribution < 1.29 is 5.11 Å². The molecule has 1 aromatic rings. The summed E-state index contributed by atoms with van der Waals surface area (Å²) in [6, 6.07) is 0. The van der Waals surface area contributed by atoms with Crippen molar-refractivity contribution in [1.29, 1.82) is 0 Å². The summed E-state index contributed by atoms with van der Waals surface area (Å²) in [6.45, 7) is 7.35. The first-order valence-corrected chi connectivity index (χ1v) is 5.93. The zero-order chi connectivity index (χ0) is 12.4. The van der Waals surface area contributed by atoms with Crippen LogP contribution < -0.4 is 5.14 Å². The SMILES string of the molecule is C=CCO.Cc1cnc(CC(C)SN)nc1. The van der Waals surface area contributed by atoms with Gasteiger partial charge in [-0.05, 0) is 12.5 Å². The number of hydrogen-bond acceptors (Lipinski definition) is 5. The molecule has 16 heavy (non-hydrogen) atoms. The van der Waals surface area contributed by atoms with Crippen molar-refractivity contribution in [2.45, 2.75) is 25.5 Å². The molecule has 0 saturated carbocycles. The molecule has 1 heterocycles. The Labute approximate surface area is 101 Å². The molecule has 5 heteroatoms. The molecule has 4 nitrogen and oxygen atoms in total. The molecule has 0 bridgehead atoms. The Morgan fingerprint density at radius 2 is 2.06 bits per heavy atom. The second-order valence-electron chi connectivity index (χ2n) is 3.30. The second-order valence-corrected chi connectivity index (χ2v) is 4.38. The van der Waals surface area contributed by atoms with Crippen molar-refractivity contribution in [2.75, 3.05) is 6.61 Å². The van der Waals surface area contributed by atoms with Gasteiger partial charge in [0.1, 0.15) is 5.82 Å². The van der Waals surface area contributed by atoms with Crippen molar-refractivity contribution in [1.82, 2.24) is 9.97 Å². The average molecular weight is 241 g/mol. The Hall–Kier alpha value is -0.910. The number of rotatable bonds is 4. The highest BCUT2D eigenvalue weighted by atomic mass is 32.2. The number of nitrogens with two attached hydrogens (primary N) is 1. The van der Waals surface area contributed by atoms with Crippen LogP contribution in [0.15, 0.2) is 25.0 Å². The first kappa shape index (κ1) is 15.1. The fourth-order valence-corrected chi connectivity index (χ4v) is 1.08. The Bertz CT molecular complexity index is 290. The quantitative estimate of drug-likeness (QED) is 0.617. The van der Waals surface area contributed by atoms with Crippen LogP contribution in [-0.2, 0) is 6.42 Å². The Morgan fingerprint density at radius 3 is 2.44 bits per heavy atom. The van der Waals surface area contributed by atoms with Crippen molar-refractivity contribution in [3.8, 4) is 0 Å². The van der Waals surface area contributed by atoms with Gasteiger partial charge in [-0.2, -0.15) is 0 Å². The van der Waals surface area contributed by atoms with E-state index >= 15 is 0 Å². The minimum atomic E-state index is 0.0833. The summed E-state index contributed by atoms with van der Waals surface area (Å²) < 4.78 is 0. The van der Waals surface area contributed by atoms with Crippen LogP contribution in [0.2, 0.25) is 0 Å². The smallest absolute Gasteiger partial charge is 0.129 e. The van der Waals surface area contributed by atoms with Crippen LogP contribution in [0.5, 0.6) is 0 Å². The lowest BCUT2D eigenvalue weighted by molar-refractivity contribution is 0.343. The summed E-state index contributed by atoms with van der Waals surface area (Å²) in [6.07, 6.45) is 5.92. The molecule has 0 spiro atoms. The van der Waals surface area contributed by atoms with E-state index in [1.54, 1.807) is 0 Å². The molecule has 0 aliphatic rings. The van der Waals surface area contributed by atoms with Crippen molar-refractivity contribution >= 4 is 11.9 Å². The highest BCUT2D eigenvalue weighted by molar-refractivity contribution is 7.97. The predicted molar refractivity (Wildman–Crippen MR) is 69.0 cm³/mol. The summed E-state index contributed by atoms with van der Waals surface area (Å²) >= 11 is 1.34. The normalized spacial score (nSPS) is 11.2. The van der Waals surface area contributed by atoms with Gasteiger partial charge in [-0.3, -0.25) is 5.14 Å². The molecule has 0 aliphatic carbocycles. The number of aryl methyl sites for hydroxylation is 1. The standard InChI is InChI=1S/C8H13N3S.C3H6O/c1-6-4-10-8(11-5-6)3-7(2)12-9;1-2-3-4/h4-5,7H,3,9H2,1-2H3;2,4H,1,3H2. The van der Waals surface area contributed by atoms with E-state index in [2.05, 4.69) is 23.5 Å². The van der Waals surface area contributed by atoms with Gasteiger partial charge in [0, 0.05) is 24.1 Å². The molecule has 0 saturated heterocycles. The lowest BCUT2D eigenvalue weighted by Crippen LogP contribution is -2.07. The van der Waals surface area contributed by atoms with E-state index in [0.717, 1.165) is 17.8 Å². The van der Waals surface area contributed by atoms with Crippen LogP contribution in [0.4, 0.5) is 0 Å². The second kappa shape index (κ2) is 9.33. The van der Waals surface area contributed by atoms with Gasteiger partial charge in [-0.25, -0.2) is 9.97 Å². The maximum atomic E-state index is 7.76. The number of hydrogen-bond donors (Lipinski definition) is 2. The first-order chi connectivity index (χ1) is 7.63. The lowest BCUT2D eigenvalue weighted by Gasteiger charge is -2.05. The molecule has 3 N–H and O–H groups in total. The zero-order valence-electron chi connectivity index (χ0n) is 9.76. The molecule has 0 radical (unpaired) electrons. The fourth-order valence-electron chi connectivity index (χ4n) is 0.830. The third kappa shape index (κ3) is 7.39. The molecule has 90 valence electrons. The molecular weight excluding hydrogens is 222 g/mol. The van der Waals surface area contributed by atoms with Crippen LogP contribution >= 0.6 is 11.9 Å². The summed E-state index contributed by atoms with van der Waals surface area (Å²) in [4.78, 5) is 8.37. The largest absolute Gasteiger partial charge is 0.392 e. The maximum absolute atomic E-state index is 7.76. The monoisotopic (exact) mass is 241 g/mol. The predicted octanol–water partition coefficient (Wildman–Crippen LogP) is 1.49. The Morgan fingerprint density at radius 1 is 1.56 bits per heavy atom. The third-order valence-corrected chi connectivity index (χ3v) is 2.30. The van der Waals surface area contributed by atoms with E-state index in [4.69, 9.17) is 10.2 Å². The molecule has 1 aromatic heterocycles. The Kier molecular flexibility index (Phi) is 8.80. The van der Waals surface area contributed by atoms with E-state index in [1.165, 1.54) is 18.0 Å². The van der Waals surface area contributed by atoms with Crippen LogP contribution in [0, 0.1) is 6.92 Å². The highest BCUT2D eigenvalue weighted by Crippen LogP contribution is 2.06. The maximum Gasteiger partial charge on any atom is 0.129 e. The summed E-state index contributed by atoms with van der Waals surface area (Å²) in [7, 11) is 0. The van der Waals surface area contributed by atoms with Crippen LogP contribution in [0.25, 0.3) is 0 Å². The van der Waals surface area contributed by atoms with Gasteiger partial charge in [0.25, 0.3) is 0 Å². The van der Waals surface area contributed by atoms with Gasteiger partial charge in [-0.1, -0.05) is 24.9 Å². The van der Waals surface area contributed by atoms with Crippen LogP contribution in [0.3, 0.4) is 0 Å². The summed E-state index contributed by atoms with van der Waals surface area (Å²) in [5.74, 6) is 0.867. The van der Waals surface area contributed by atoms with E-state index in [-0.39, 0.29) is 6.61 Å². The summed E-state index contributed by atoms with van der Waals surface area (Å²) in [5.41, 5.74) is 1.09.